The Morgan fingerprint density at radius 2 is 1.93 bits per heavy atom. The zero-order valence-electron chi connectivity index (χ0n) is 8.87. The molecule has 0 aromatic heterocycles. The van der Waals surface area contributed by atoms with Crippen molar-refractivity contribution < 1.29 is 4.79 Å². The van der Waals surface area contributed by atoms with Crippen molar-refractivity contribution in [3.8, 4) is 0 Å². The first-order chi connectivity index (χ1) is 6.54. The molecule has 0 saturated carbocycles. The summed E-state index contributed by atoms with van der Waals surface area (Å²) in [6, 6.07) is 7.55. The van der Waals surface area contributed by atoms with E-state index in [1.165, 1.54) is 0 Å². The Kier molecular flexibility index (Phi) is 3.07. The summed E-state index contributed by atoms with van der Waals surface area (Å²) in [7, 11) is 1.73. The van der Waals surface area contributed by atoms with Crippen molar-refractivity contribution in [3.05, 3.63) is 47.7 Å². The van der Waals surface area contributed by atoms with Gasteiger partial charge in [0.1, 0.15) is 0 Å². The van der Waals surface area contributed by atoms with E-state index >= 15 is 0 Å². The third-order valence-electron chi connectivity index (χ3n) is 2.25. The van der Waals surface area contributed by atoms with Gasteiger partial charge in [0.25, 0.3) is 5.91 Å². The van der Waals surface area contributed by atoms with Gasteiger partial charge in [0.15, 0.2) is 0 Å². The lowest BCUT2D eigenvalue weighted by Gasteiger charge is -2.17. The molecule has 0 heterocycles. The highest BCUT2D eigenvalue weighted by Crippen LogP contribution is 2.11. The molecule has 1 rings (SSSR count). The molecule has 2 nitrogen and oxygen atoms in total. The van der Waals surface area contributed by atoms with Crippen molar-refractivity contribution in [1.29, 1.82) is 0 Å². The van der Waals surface area contributed by atoms with Gasteiger partial charge < -0.3 is 4.90 Å². The summed E-state index contributed by atoms with van der Waals surface area (Å²) in [6.07, 6.45) is 0. The molecule has 0 radical (unpaired) electrons. The smallest absolute Gasteiger partial charge is 0.257 e. The van der Waals surface area contributed by atoms with Gasteiger partial charge in [0, 0.05) is 18.3 Å². The number of nitrogens with zero attached hydrogens (tertiary/aromatic N) is 1. The van der Waals surface area contributed by atoms with Gasteiger partial charge in [-0.15, -0.1) is 0 Å². The topological polar surface area (TPSA) is 20.3 Å². The molecule has 0 aliphatic rings. The second-order valence-corrected chi connectivity index (χ2v) is 3.41. The zero-order chi connectivity index (χ0) is 10.7. The van der Waals surface area contributed by atoms with Gasteiger partial charge in [-0.1, -0.05) is 24.8 Å². The van der Waals surface area contributed by atoms with Gasteiger partial charge in [-0.05, 0) is 25.5 Å². The lowest BCUT2D eigenvalue weighted by molar-refractivity contribution is 0.0836. The van der Waals surface area contributed by atoms with E-state index in [2.05, 4.69) is 6.58 Å². The van der Waals surface area contributed by atoms with Crippen LogP contribution in [0.4, 0.5) is 0 Å². The molecule has 0 unspecified atom stereocenters. The quantitative estimate of drug-likeness (QED) is 0.700. The van der Waals surface area contributed by atoms with E-state index < -0.39 is 0 Å². The Hall–Kier alpha value is -1.57. The van der Waals surface area contributed by atoms with E-state index in [4.69, 9.17) is 0 Å². The Labute approximate surface area is 84.9 Å². The normalized spacial score (nSPS) is 9.64. The SMILES string of the molecule is C=C(C)N(C)C(=O)c1ccccc1C. The van der Waals surface area contributed by atoms with E-state index in [0.29, 0.717) is 0 Å². The van der Waals surface area contributed by atoms with Crippen LogP contribution >= 0.6 is 0 Å². The minimum Gasteiger partial charge on any atom is -0.316 e. The monoisotopic (exact) mass is 189 g/mol. The number of hydrogen-bond donors (Lipinski definition) is 0. The van der Waals surface area contributed by atoms with Gasteiger partial charge in [0.2, 0.25) is 0 Å². The molecule has 0 atom stereocenters. The van der Waals surface area contributed by atoms with E-state index in [1.807, 2.05) is 38.1 Å². The average molecular weight is 189 g/mol. The van der Waals surface area contributed by atoms with Crippen molar-refractivity contribution in [1.82, 2.24) is 4.90 Å². The van der Waals surface area contributed by atoms with Crippen molar-refractivity contribution in [3.63, 3.8) is 0 Å². The van der Waals surface area contributed by atoms with E-state index in [-0.39, 0.29) is 5.91 Å². The van der Waals surface area contributed by atoms with Gasteiger partial charge in [0.05, 0.1) is 0 Å². The standard InChI is InChI=1S/C12H15NO/c1-9(2)13(4)12(14)11-8-6-5-7-10(11)3/h5-8H,1H2,2-4H3. The van der Waals surface area contributed by atoms with Gasteiger partial charge in [-0.25, -0.2) is 0 Å². The van der Waals surface area contributed by atoms with Gasteiger partial charge in [-0.3, -0.25) is 4.79 Å². The van der Waals surface area contributed by atoms with Gasteiger partial charge >= 0.3 is 0 Å². The predicted octanol–water partition coefficient (Wildman–Crippen LogP) is 2.60. The van der Waals surface area contributed by atoms with Crippen LogP contribution in [-0.2, 0) is 0 Å². The summed E-state index contributed by atoms with van der Waals surface area (Å²) < 4.78 is 0. The zero-order valence-corrected chi connectivity index (χ0v) is 8.87. The second-order valence-electron chi connectivity index (χ2n) is 3.41. The first kappa shape index (κ1) is 10.5. The van der Waals surface area contributed by atoms with Crippen molar-refractivity contribution >= 4 is 5.91 Å². The summed E-state index contributed by atoms with van der Waals surface area (Å²) in [4.78, 5) is 13.4. The Balaban J connectivity index is 3.01. The lowest BCUT2D eigenvalue weighted by Crippen LogP contribution is -2.24. The molecule has 1 aromatic rings. The maximum Gasteiger partial charge on any atom is 0.257 e. The summed E-state index contributed by atoms with van der Waals surface area (Å²) >= 11 is 0. The Bertz CT molecular complexity index is 368. The molecule has 0 N–H and O–H groups in total. The average Bonchev–Trinajstić information content (AvgIpc) is 2.16. The maximum absolute atomic E-state index is 11.9. The predicted molar refractivity (Wildman–Crippen MR) is 58.1 cm³/mol. The fourth-order valence-electron chi connectivity index (χ4n) is 1.17. The van der Waals surface area contributed by atoms with Crippen LogP contribution in [0.3, 0.4) is 0 Å². The highest BCUT2D eigenvalue weighted by molar-refractivity contribution is 5.96. The Morgan fingerprint density at radius 3 is 2.43 bits per heavy atom. The number of allylic oxidation sites excluding steroid dienone is 1. The molecule has 2 heteroatoms. The molecule has 1 aromatic carbocycles. The van der Waals surface area contributed by atoms with Crippen LogP contribution in [0.1, 0.15) is 22.8 Å². The number of carbonyl (C=O) groups excluding carboxylic acids is 1. The summed E-state index contributed by atoms with van der Waals surface area (Å²) in [5, 5.41) is 0. The van der Waals surface area contributed by atoms with Crippen LogP contribution in [-0.4, -0.2) is 17.9 Å². The molecule has 0 aliphatic heterocycles. The fourth-order valence-corrected chi connectivity index (χ4v) is 1.17. The first-order valence-corrected chi connectivity index (χ1v) is 4.53. The van der Waals surface area contributed by atoms with Crippen LogP contribution in [0.5, 0.6) is 0 Å². The van der Waals surface area contributed by atoms with Crippen molar-refractivity contribution in [2.24, 2.45) is 0 Å². The second kappa shape index (κ2) is 4.09. The third-order valence-corrected chi connectivity index (χ3v) is 2.25. The van der Waals surface area contributed by atoms with Crippen LogP contribution in [0.25, 0.3) is 0 Å². The molecule has 0 saturated heterocycles. The van der Waals surface area contributed by atoms with Crippen LogP contribution in [0.15, 0.2) is 36.5 Å². The Morgan fingerprint density at radius 1 is 1.36 bits per heavy atom. The summed E-state index contributed by atoms with van der Waals surface area (Å²) in [5.74, 6) is -0.00407. The van der Waals surface area contributed by atoms with Gasteiger partial charge in [-0.2, -0.15) is 0 Å². The third kappa shape index (κ3) is 2.02. The molecule has 74 valence electrons. The lowest BCUT2D eigenvalue weighted by atomic mass is 10.1. The molecular formula is C12H15NO. The molecule has 0 spiro atoms. The van der Waals surface area contributed by atoms with E-state index in [1.54, 1.807) is 11.9 Å². The van der Waals surface area contributed by atoms with Crippen molar-refractivity contribution in [2.45, 2.75) is 13.8 Å². The number of aryl methyl sites for hydroxylation is 1. The molecule has 0 fully saturated rings. The minimum atomic E-state index is -0.00407. The maximum atomic E-state index is 11.9. The highest BCUT2D eigenvalue weighted by Gasteiger charge is 2.13. The number of carbonyl (C=O) groups is 1. The number of amides is 1. The number of benzene rings is 1. The summed E-state index contributed by atoms with van der Waals surface area (Å²) in [6.45, 7) is 7.48. The molecule has 14 heavy (non-hydrogen) atoms. The molecule has 0 aliphatic carbocycles. The summed E-state index contributed by atoms with van der Waals surface area (Å²) in [5.41, 5.74) is 2.47. The number of hydrogen-bond acceptors (Lipinski definition) is 1. The first-order valence-electron chi connectivity index (χ1n) is 4.53. The largest absolute Gasteiger partial charge is 0.316 e. The van der Waals surface area contributed by atoms with Crippen LogP contribution in [0, 0.1) is 6.92 Å². The molecule has 0 bridgehead atoms. The fraction of sp³-hybridized carbons (Fsp3) is 0.250. The van der Waals surface area contributed by atoms with E-state index in [9.17, 15) is 4.79 Å². The van der Waals surface area contributed by atoms with Crippen LogP contribution < -0.4 is 0 Å². The van der Waals surface area contributed by atoms with E-state index in [0.717, 1.165) is 16.8 Å². The number of rotatable bonds is 2. The molecular weight excluding hydrogens is 174 g/mol. The van der Waals surface area contributed by atoms with Crippen LogP contribution in [0.2, 0.25) is 0 Å². The highest BCUT2D eigenvalue weighted by atomic mass is 16.2. The molecule has 1 amide bonds. The minimum absolute atomic E-state index is 0.00407. The van der Waals surface area contributed by atoms with Crippen molar-refractivity contribution in [2.75, 3.05) is 7.05 Å².